The molecule has 138 valence electrons. The number of carbonyl (C=O) groups excluding carboxylic acids is 1. The number of thiazole rings is 1. The fraction of sp³-hybridized carbons (Fsp3) is 0.0435. The van der Waals surface area contributed by atoms with Gasteiger partial charge in [-0.05, 0) is 23.3 Å². The van der Waals surface area contributed by atoms with Crippen molar-refractivity contribution in [3.8, 4) is 11.3 Å². The van der Waals surface area contributed by atoms with Gasteiger partial charge in [0.15, 0.2) is 5.13 Å². The largest absolute Gasteiger partial charge is 0.301 e. The van der Waals surface area contributed by atoms with E-state index in [2.05, 4.69) is 10.3 Å². The maximum Gasteiger partial charge on any atom is 0.238 e. The van der Waals surface area contributed by atoms with Gasteiger partial charge < -0.3 is 5.32 Å². The molecule has 1 aromatic heterocycles. The van der Waals surface area contributed by atoms with E-state index in [0.29, 0.717) is 10.2 Å². The van der Waals surface area contributed by atoms with Crippen LogP contribution in [-0.2, 0) is 4.79 Å². The van der Waals surface area contributed by atoms with Gasteiger partial charge in [0.2, 0.25) is 5.91 Å². The minimum Gasteiger partial charge on any atom is -0.301 e. The zero-order valence-electron chi connectivity index (χ0n) is 14.9. The third-order valence-electron chi connectivity index (χ3n) is 4.38. The third-order valence-corrected chi connectivity index (χ3v) is 5.38. The lowest BCUT2D eigenvalue weighted by atomic mass is 9.90. The number of rotatable bonds is 5. The summed E-state index contributed by atoms with van der Waals surface area (Å²) in [7, 11) is 0. The van der Waals surface area contributed by atoms with Crippen molar-refractivity contribution in [2.24, 2.45) is 0 Å². The lowest BCUT2D eigenvalue weighted by molar-refractivity contribution is -0.116. The molecule has 0 bridgehead atoms. The minimum absolute atomic E-state index is 0.107. The molecule has 0 atom stereocenters. The number of aromatic nitrogens is 1. The Morgan fingerprint density at radius 2 is 1.54 bits per heavy atom. The summed E-state index contributed by atoms with van der Waals surface area (Å²) >= 11 is 7.47. The Hall–Kier alpha value is -2.95. The summed E-state index contributed by atoms with van der Waals surface area (Å²) in [5, 5.41) is 6.12. The quantitative estimate of drug-likeness (QED) is 0.428. The molecule has 1 amide bonds. The number of anilines is 1. The second-order valence-electron chi connectivity index (χ2n) is 6.29. The second-order valence-corrected chi connectivity index (χ2v) is 7.59. The Bertz CT molecular complexity index is 1040. The Kier molecular flexibility index (Phi) is 5.51. The highest BCUT2D eigenvalue weighted by atomic mass is 35.5. The van der Waals surface area contributed by atoms with Crippen LogP contribution in [0.3, 0.4) is 0 Å². The standard InChI is InChI=1S/C23H17ClN2OS/c24-19-13-7-12-18(14-19)20-15-28-23(25-20)26-22(27)21(16-8-3-1-4-9-16)17-10-5-2-6-11-17/h1-15,21H,(H,25,26,27). The maximum absolute atomic E-state index is 13.1. The number of hydrogen-bond acceptors (Lipinski definition) is 3. The van der Waals surface area contributed by atoms with E-state index in [-0.39, 0.29) is 5.91 Å². The Balaban J connectivity index is 1.60. The summed E-state index contributed by atoms with van der Waals surface area (Å²) in [6.45, 7) is 0. The highest BCUT2D eigenvalue weighted by molar-refractivity contribution is 7.14. The van der Waals surface area contributed by atoms with Crippen molar-refractivity contribution in [2.75, 3.05) is 5.32 Å². The first kappa shape index (κ1) is 18.4. The summed E-state index contributed by atoms with van der Waals surface area (Å²) < 4.78 is 0. The van der Waals surface area contributed by atoms with Crippen molar-refractivity contribution in [2.45, 2.75) is 5.92 Å². The van der Waals surface area contributed by atoms with Crippen LogP contribution in [-0.4, -0.2) is 10.9 Å². The molecule has 0 fully saturated rings. The lowest BCUT2D eigenvalue weighted by Crippen LogP contribution is -2.22. The molecule has 5 heteroatoms. The first-order valence-electron chi connectivity index (χ1n) is 8.83. The van der Waals surface area contributed by atoms with Crippen LogP contribution in [0.15, 0.2) is 90.3 Å². The molecule has 3 aromatic carbocycles. The van der Waals surface area contributed by atoms with E-state index in [1.54, 1.807) is 0 Å². The smallest absolute Gasteiger partial charge is 0.238 e. The van der Waals surface area contributed by atoms with Gasteiger partial charge in [0.05, 0.1) is 11.6 Å². The van der Waals surface area contributed by atoms with Gasteiger partial charge in [0, 0.05) is 16.0 Å². The molecule has 4 rings (SSSR count). The topological polar surface area (TPSA) is 42.0 Å². The van der Waals surface area contributed by atoms with E-state index >= 15 is 0 Å². The van der Waals surface area contributed by atoms with Crippen LogP contribution in [0.2, 0.25) is 5.02 Å². The van der Waals surface area contributed by atoms with Gasteiger partial charge in [0.25, 0.3) is 0 Å². The number of halogens is 1. The first-order valence-corrected chi connectivity index (χ1v) is 10.1. The monoisotopic (exact) mass is 404 g/mol. The zero-order chi connectivity index (χ0) is 19.3. The summed E-state index contributed by atoms with van der Waals surface area (Å²) in [5.74, 6) is -0.509. The average molecular weight is 405 g/mol. The van der Waals surface area contributed by atoms with E-state index < -0.39 is 5.92 Å². The van der Waals surface area contributed by atoms with E-state index in [4.69, 9.17) is 11.6 Å². The van der Waals surface area contributed by atoms with Crippen molar-refractivity contribution in [3.63, 3.8) is 0 Å². The molecule has 0 spiro atoms. The summed E-state index contributed by atoms with van der Waals surface area (Å²) in [4.78, 5) is 17.7. The molecule has 0 saturated heterocycles. The molecule has 3 nitrogen and oxygen atoms in total. The number of amides is 1. The van der Waals surface area contributed by atoms with Crippen LogP contribution in [0.5, 0.6) is 0 Å². The summed E-state index contributed by atoms with van der Waals surface area (Å²) in [6.07, 6.45) is 0. The molecule has 0 saturated carbocycles. The SMILES string of the molecule is O=C(Nc1nc(-c2cccc(Cl)c2)cs1)C(c1ccccc1)c1ccccc1. The van der Waals surface area contributed by atoms with E-state index in [9.17, 15) is 4.79 Å². The minimum atomic E-state index is -0.402. The van der Waals surface area contributed by atoms with Gasteiger partial charge in [0.1, 0.15) is 0 Å². The van der Waals surface area contributed by atoms with Gasteiger partial charge >= 0.3 is 0 Å². The van der Waals surface area contributed by atoms with Crippen molar-refractivity contribution in [1.82, 2.24) is 4.98 Å². The fourth-order valence-electron chi connectivity index (χ4n) is 3.08. The van der Waals surface area contributed by atoms with Crippen molar-refractivity contribution in [3.05, 3.63) is 106 Å². The van der Waals surface area contributed by atoms with Crippen LogP contribution in [0.25, 0.3) is 11.3 Å². The predicted octanol–water partition coefficient (Wildman–Crippen LogP) is 6.23. The molecule has 0 aliphatic rings. The Morgan fingerprint density at radius 1 is 0.893 bits per heavy atom. The van der Waals surface area contributed by atoms with Gasteiger partial charge in [-0.2, -0.15) is 0 Å². The number of nitrogens with zero attached hydrogens (tertiary/aromatic N) is 1. The van der Waals surface area contributed by atoms with Crippen LogP contribution >= 0.6 is 22.9 Å². The van der Waals surface area contributed by atoms with E-state index in [1.165, 1.54) is 11.3 Å². The Labute approximate surface area is 172 Å². The first-order chi connectivity index (χ1) is 13.7. The molecule has 1 heterocycles. The molecule has 0 radical (unpaired) electrons. The maximum atomic E-state index is 13.1. The Morgan fingerprint density at radius 3 is 2.14 bits per heavy atom. The molecule has 28 heavy (non-hydrogen) atoms. The molecular weight excluding hydrogens is 388 g/mol. The zero-order valence-corrected chi connectivity index (χ0v) is 16.5. The number of benzene rings is 3. The molecule has 4 aromatic rings. The number of hydrogen-bond donors (Lipinski definition) is 1. The highest BCUT2D eigenvalue weighted by Crippen LogP contribution is 2.30. The van der Waals surface area contributed by atoms with Gasteiger partial charge in [-0.3, -0.25) is 4.79 Å². The molecule has 0 aliphatic heterocycles. The molecule has 1 N–H and O–H groups in total. The summed E-state index contributed by atoms with van der Waals surface area (Å²) in [6, 6.07) is 27.1. The normalized spacial score (nSPS) is 10.8. The van der Waals surface area contributed by atoms with Crippen LogP contribution in [0.4, 0.5) is 5.13 Å². The van der Waals surface area contributed by atoms with Crippen LogP contribution in [0.1, 0.15) is 17.0 Å². The van der Waals surface area contributed by atoms with E-state index in [0.717, 1.165) is 22.4 Å². The third kappa shape index (κ3) is 4.14. The van der Waals surface area contributed by atoms with E-state index in [1.807, 2.05) is 90.3 Å². The van der Waals surface area contributed by atoms with Gasteiger partial charge in [-0.15, -0.1) is 11.3 Å². The van der Waals surface area contributed by atoms with Gasteiger partial charge in [-0.25, -0.2) is 4.98 Å². The van der Waals surface area contributed by atoms with Crippen molar-refractivity contribution in [1.29, 1.82) is 0 Å². The van der Waals surface area contributed by atoms with Crippen molar-refractivity contribution >= 4 is 34.0 Å². The van der Waals surface area contributed by atoms with Crippen LogP contribution in [0, 0.1) is 0 Å². The second kappa shape index (κ2) is 8.38. The highest BCUT2D eigenvalue weighted by Gasteiger charge is 2.23. The fourth-order valence-corrected chi connectivity index (χ4v) is 3.99. The lowest BCUT2D eigenvalue weighted by Gasteiger charge is -2.17. The van der Waals surface area contributed by atoms with Crippen LogP contribution < -0.4 is 5.32 Å². The molecule has 0 unspecified atom stereocenters. The van der Waals surface area contributed by atoms with Gasteiger partial charge in [-0.1, -0.05) is 84.4 Å². The molecule has 0 aliphatic carbocycles. The van der Waals surface area contributed by atoms with Crippen molar-refractivity contribution < 1.29 is 4.79 Å². The number of carbonyl (C=O) groups is 1. The molecular formula is C23H17ClN2OS. The summed E-state index contributed by atoms with van der Waals surface area (Å²) in [5.41, 5.74) is 3.60. The average Bonchev–Trinajstić information content (AvgIpc) is 3.18. The predicted molar refractivity (Wildman–Crippen MR) is 116 cm³/mol. The number of nitrogens with one attached hydrogen (secondary N) is 1.